The van der Waals surface area contributed by atoms with E-state index in [4.69, 9.17) is 5.73 Å². The van der Waals surface area contributed by atoms with Gasteiger partial charge in [-0.1, -0.05) is 0 Å². The predicted octanol–water partition coefficient (Wildman–Crippen LogP) is 1.64. The minimum atomic E-state index is -4.45. The van der Waals surface area contributed by atoms with Crippen LogP contribution in [0.2, 0.25) is 0 Å². The molecule has 0 radical (unpaired) electrons. The molecule has 4 nitrogen and oxygen atoms in total. The summed E-state index contributed by atoms with van der Waals surface area (Å²) >= 11 is 0. The Morgan fingerprint density at radius 1 is 1.27 bits per heavy atom. The Morgan fingerprint density at radius 2 is 1.93 bits per heavy atom. The average Bonchev–Trinajstić information content (AvgIpc) is 2.48. The van der Waals surface area contributed by atoms with E-state index < -0.39 is 11.9 Å². The van der Waals surface area contributed by atoms with Crippen LogP contribution >= 0.6 is 0 Å². The number of fused-ring (bicyclic) bond motifs is 1. The highest BCUT2D eigenvalue weighted by molar-refractivity contribution is 5.64. The van der Waals surface area contributed by atoms with Crippen molar-refractivity contribution in [2.24, 2.45) is 0 Å². The van der Waals surface area contributed by atoms with Gasteiger partial charge in [0.05, 0.1) is 5.69 Å². The molecule has 0 atom stereocenters. The number of nitrogens with zero attached hydrogens (tertiary/aromatic N) is 3. The van der Waals surface area contributed by atoms with Crippen LogP contribution in [0.3, 0.4) is 0 Å². The van der Waals surface area contributed by atoms with Crippen LogP contribution in [0.25, 0.3) is 5.65 Å². The van der Waals surface area contributed by atoms with Crippen LogP contribution in [0, 0.1) is 6.92 Å². The summed E-state index contributed by atoms with van der Waals surface area (Å²) in [7, 11) is 0. The van der Waals surface area contributed by atoms with Gasteiger partial charge in [0.25, 0.3) is 0 Å². The number of nitrogens with two attached hydrogens (primary N) is 1. The molecule has 7 heteroatoms. The SMILES string of the molecule is Cc1nnc2c(N)ccc(C(F)(F)F)n12. The first-order valence-electron chi connectivity index (χ1n) is 4.08. The molecule has 2 aromatic rings. The number of rotatable bonds is 0. The molecule has 0 saturated heterocycles. The summed E-state index contributed by atoms with van der Waals surface area (Å²) in [5.74, 6) is 0.157. The zero-order valence-corrected chi connectivity index (χ0v) is 7.71. The summed E-state index contributed by atoms with van der Waals surface area (Å²) in [4.78, 5) is 0. The number of hydrogen-bond acceptors (Lipinski definition) is 3. The monoisotopic (exact) mass is 216 g/mol. The molecular weight excluding hydrogens is 209 g/mol. The van der Waals surface area contributed by atoms with Gasteiger partial charge in [0.15, 0.2) is 5.65 Å². The van der Waals surface area contributed by atoms with E-state index in [1.165, 1.54) is 13.0 Å². The molecule has 2 heterocycles. The number of anilines is 1. The number of halogens is 3. The zero-order valence-electron chi connectivity index (χ0n) is 7.71. The molecule has 0 aliphatic heterocycles. The molecular formula is C8H7F3N4. The van der Waals surface area contributed by atoms with Crippen molar-refractivity contribution in [3.63, 3.8) is 0 Å². The lowest BCUT2D eigenvalue weighted by atomic mass is 10.3. The quantitative estimate of drug-likeness (QED) is 0.728. The van der Waals surface area contributed by atoms with E-state index in [1.54, 1.807) is 0 Å². The largest absolute Gasteiger partial charge is 0.431 e. The van der Waals surface area contributed by atoms with Crippen LogP contribution in [0.1, 0.15) is 11.5 Å². The fourth-order valence-electron chi connectivity index (χ4n) is 1.38. The number of alkyl halides is 3. The molecule has 0 fully saturated rings. The maximum atomic E-state index is 12.6. The zero-order chi connectivity index (χ0) is 11.2. The first-order chi connectivity index (χ1) is 6.91. The number of nitrogen functional groups attached to an aromatic ring is 1. The number of pyridine rings is 1. The molecule has 80 valence electrons. The lowest BCUT2D eigenvalue weighted by Gasteiger charge is -2.10. The Bertz CT molecular complexity index is 514. The van der Waals surface area contributed by atoms with Gasteiger partial charge in [-0.2, -0.15) is 13.2 Å². The Kier molecular flexibility index (Phi) is 1.85. The van der Waals surface area contributed by atoms with Crippen LogP contribution in [-0.2, 0) is 6.18 Å². The summed E-state index contributed by atoms with van der Waals surface area (Å²) in [5.41, 5.74) is 4.87. The van der Waals surface area contributed by atoms with Crippen molar-refractivity contribution in [3.8, 4) is 0 Å². The first-order valence-corrected chi connectivity index (χ1v) is 4.08. The third kappa shape index (κ3) is 1.39. The lowest BCUT2D eigenvalue weighted by Crippen LogP contribution is -2.13. The van der Waals surface area contributed by atoms with Crippen LogP contribution < -0.4 is 5.73 Å². The lowest BCUT2D eigenvalue weighted by molar-refractivity contribution is -0.142. The van der Waals surface area contributed by atoms with Gasteiger partial charge in [0, 0.05) is 0 Å². The van der Waals surface area contributed by atoms with E-state index in [2.05, 4.69) is 10.2 Å². The fourth-order valence-corrected chi connectivity index (χ4v) is 1.38. The van der Waals surface area contributed by atoms with Crippen molar-refractivity contribution in [2.75, 3.05) is 5.73 Å². The Morgan fingerprint density at radius 3 is 2.53 bits per heavy atom. The van der Waals surface area contributed by atoms with Crippen LogP contribution in [-0.4, -0.2) is 14.6 Å². The summed E-state index contributed by atoms with van der Waals surface area (Å²) in [6.07, 6.45) is -4.45. The van der Waals surface area contributed by atoms with Gasteiger partial charge in [-0.15, -0.1) is 10.2 Å². The minimum absolute atomic E-state index is 0.0299. The second-order valence-electron chi connectivity index (χ2n) is 3.08. The van der Waals surface area contributed by atoms with E-state index in [0.717, 1.165) is 10.5 Å². The maximum absolute atomic E-state index is 12.6. The number of hydrogen-bond donors (Lipinski definition) is 1. The average molecular weight is 216 g/mol. The van der Waals surface area contributed by atoms with E-state index in [-0.39, 0.29) is 17.2 Å². The van der Waals surface area contributed by atoms with E-state index >= 15 is 0 Å². The molecule has 2 aromatic heterocycles. The van der Waals surface area contributed by atoms with Gasteiger partial charge in [-0.3, -0.25) is 4.40 Å². The van der Waals surface area contributed by atoms with Gasteiger partial charge in [-0.05, 0) is 19.1 Å². The summed E-state index contributed by atoms with van der Waals surface area (Å²) in [6.45, 7) is 1.44. The van der Waals surface area contributed by atoms with Crippen LogP contribution in [0.4, 0.5) is 18.9 Å². The number of aryl methyl sites for hydroxylation is 1. The molecule has 0 unspecified atom stereocenters. The third-order valence-electron chi connectivity index (χ3n) is 2.04. The Balaban J connectivity index is 2.87. The van der Waals surface area contributed by atoms with Crippen molar-refractivity contribution in [1.82, 2.24) is 14.6 Å². The molecule has 0 aliphatic carbocycles. The second-order valence-corrected chi connectivity index (χ2v) is 3.08. The van der Waals surface area contributed by atoms with Crippen LogP contribution in [0.15, 0.2) is 12.1 Å². The molecule has 2 rings (SSSR count). The highest BCUT2D eigenvalue weighted by atomic mass is 19.4. The molecule has 0 amide bonds. The Labute approximate surface area is 82.5 Å². The molecule has 0 saturated carbocycles. The van der Waals surface area contributed by atoms with Crippen LogP contribution in [0.5, 0.6) is 0 Å². The smallest absolute Gasteiger partial charge is 0.396 e. The fraction of sp³-hybridized carbons (Fsp3) is 0.250. The first kappa shape index (κ1) is 9.75. The topological polar surface area (TPSA) is 56.2 Å². The summed E-state index contributed by atoms with van der Waals surface area (Å²) in [5, 5.41) is 7.14. The van der Waals surface area contributed by atoms with E-state index in [0.29, 0.717) is 0 Å². The van der Waals surface area contributed by atoms with Gasteiger partial charge in [-0.25, -0.2) is 0 Å². The summed E-state index contributed by atoms with van der Waals surface area (Å²) in [6, 6.07) is 2.09. The molecule has 2 N–H and O–H groups in total. The van der Waals surface area contributed by atoms with Crippen molar-refractivity contribution >= 4 is 11.3 Å². The predicted molar refractivity (Wildman–Crippen MR) is 47.1 cm³/mol. The van der Waals surface area contributed by atoms with Crippen molar-refractivity contribution in [3.05, 3.63) is 23.7 Å². The van der Waals surface area contributed by atoms with Gasteiger partial charge in [0.1, 0.15) is 11.5 Å². The summed E-state index contributed by atoms with van der Waals surface area (Å²) < 4.78 is 38.7. The molecule has 0 aliphatic rings. The normalized spacial score (nSPS) is 12.3. The van der Waals surface area contributed by atoms with Crippen molar-refractivity contribution in [2.45, 2.75) is 13.1 Å². The van der Waals surface area contributed by atoms with E-state index in [1.807, 2.05) is 0 Å². The van der Waals surface area contributed by atoms with E-state index in [9.17, 15) is 13.2 Å². The highest BCUT2D eigenvalue weighted by Gasteiger charge is 2.34. The third-order valence-corrected chi connectivity index (χ3v) is 2.04. The molecule has 0 spiro atoms. The highest BCUT2D eigenvalue weighted by Crippen LogP contribution is 2.31. The maximum Gasteiger partial charge on any atom is 0.431 e. The molecule has 0 bridgehead atoms. The van der Waals surface area contributed by atoms with Gasteiger partial charge >= 0.3 is 6.18 Å². The Hall–Kier alpha value is -1.79. The second kappa shape index (κ2) is 2.85. The van der Waals surface area contributed by atoms with Crippen molar-refractivity contribution < 1.29 is 13.2 Å². The minimum Gasteiger partial charge on any atom is -0.396 e. The van der Waals surface area contributed by atoms with Gasteiger partial charge < -0.3 is 5.73 Å². The molecule has 15 heavy (non-hydrogen) atoms. The van der Waals surface area contributed by atoms with Crippen molar-refractivity contribution in [1.29, 1.82) is 0 Å². The standard InChI is InChI=1S/C8H7F3N4/c1-4-13-14-7-5(12)2-3-6(15(4)7)8(9,10)11/h2-3H,12H2,1H3. The van der Waals surface area contributed by atoms with Gasteiger partial charge in [0.2, 0.25) is 0 Å². The number of aromatic nitrogens is 3. The molecule has 0 aromatic carbocycles.